The Morgan fingerprint density at radius 2 is 1.74 bits per heavy atom. The van der Waals surface area contributed by atoms with Gasteiger partial charge in [0.1, 0.15) is 28.3 Å². The van der Waals surface area contributed by atoms with Crippen molar-refractivity contribution in [2.75, 3.05) is 30.8 Å². The molecular weight excluding hydrogens is 539 g/mol. The van der Waals surface area contributed by atoms with Crippen molar-refractivity contribution in [2.45, 2.75) is 25.1 Å². The van der Waals surface area contributed by atoms with E-state index in [-0.39, 0.29) is 22.3 Å². The van der Waals surface area contributed by atoms with Crippen LogP contribution in [-0.2, 0) is 6.18 Å². The number of carbonyl (C=O) groups excluding carboxylic acids is 2. The van der Waals surface area contributed by atoms with Gasteiger partial charge in [0, 0.05) is 25.0 Å². The average molecular weight is 564 g/mol. The second-order valence-electron chi connectivity index (χ2n) is 8.53. The standard InChI is InChI=1S/C26H25ClF3N5O4/c1-31-24(36)21-14-18(10-13-33-21)38-16-4-2-15(3-5-16)34-25(37)35-20-7-6-19(26(28,29)30)23(22(20)27)39-17-8-11-32-12-9-17/h2-7,10,13-14,17,32H,8-9,11-12H2,1H3,(H,31,36)(H2,34,35,37). The highest BCUT2D eigenvalue weighted by atomic mass is 35.5. The number of aromatic nitrogens is 1. The van der Waals surface area contributed by atoms with Crippen LogP contribution in [0.4, 0.5) is 29.3 Å². The van der Waals surface area contributed by atoms with Gasteiger partial charge in [-0.1, -0.05) is 11.6 Å². The zero-order valence-corrected chi connectivity index (χ0v) is 21.4. The Balaban J connectivity index is 1.43. The van der Waals surface area contributed by atoms with Crippen molar-refractivity contribution in [3.8, 4) is 17.2 Å². The third kappa shape index (κ3) is 7.30. The number of hydrogen-bond acceptors (Lipinski definition) is 6. The molecule has 4 rings (SSSR count). The number of rotatable bonds is 7. The molecule has 206 valence electrons. The van der Waals surface area contributed by atoms with Gasteiger partial charge in [0.2, 0.25) is 0 Å². The summed E-state index contributed by atoms with van der Waals surface area (Å²) in [6.07, 6.45) is -2.62. The Bertz CT molecular complexity index is 1330. The number of amides is 3. The number of piperidine rings is 1. The van der Waals surface area contributed by atoms with E-state index in [0.717, 1.165) is 12.1 Å². The third-order valence-electron chi connectivity index (χ3n) is 5.76. The summed E-state index contributed by atoms with van der Waals surface area (Å²) in [4.78, 5) is 28.3. The lowest BCUT2D eigenvalue weighted by molar-refractivity contribution is -0.139. The molecule has 1 aromatic heterocycles. The minimum Gasteiger partial charge on any atom is -0.488 e. The van der Waals surface area contributed by atoms with E-state index in [2.05, 4.69) is 26.3 Å². The molecule has 0 saturated carbocycles. The van der Waals surface area contributed by atoms with Crippen LogP contribution in [0, 0.1) is 0 Å². The van der Waals surface area contributed by atoms with Gasteiger partial charge in [0.15, 0.2) is 5.75 Å². The lowest BCUT2D eigenvalue weighted by atomic mass is 10.1. The minimum absolute atomic E-state index is 0.0318. The number of anilines is 2. The molecule has 1 aliphatic rings. The van der Waals surface area contributed by atoms with Crippen LogP contribution < -0.4 is 30.7 Å². The summed E-state index contributed by atoms with van der Waals surface area (Å²) in [7, 11) is 1.49. The molecule has 3 aromatic rings. The van der Waals surface area contributed by atoms with Gasteiger partial charge in [-0.15, -0.1) is 0 Å². The van der Waals surface area contributed by atoms with Gasteiger partial charge in [-0.2, -0.15) is 13.2 Å². The smallest absolute Gasteiger partial charge is 0.420 e. The molecule has 1 aliphatic heterocycles. The summed E-state index contributed by atoms with van der Waals surface area (Å²) in [5.41, 5.74) is -0.467. The fourth-order valence-electron chi connectivity index (χ4n) is 3.82. The predicted molar refractivity (Wildman–Crippen MR) is 140 cm³/mol. The van der Waals surface area contributed by atoms with E-state index in [0.29, 0.717) is 43.1 Å². The fourth-order valence-corrected chi connectivity index (χ4v) is 4.08. The van der Waals surface area contributed by atoms with Crippen molar-refractivity contribution in [1.29, 1.82) is 0 Å². The van der Waals surface area contributed by atoms with Gasteiger partial charge < -0.3 is 30.7 Å². The number of benzene rings is 2. The number of nitrogens with one attached hydrogen (secondary N) is 4. The molecule has 39 heavy (non-hydrogen) atoms. The Morgan fingerprint density at radius 1 is 1.03 bits per heavy atom. The van der Waals surface area contributed by atoms with E-state index in [1.807, 2.05) is 0 Å². The zero-order chi connectivity index (χ0) is 28.0. The number of alkyl halides is 3. The number of ether oxygens (including phenoxy) is 2. The highest BCUT2D eigenvalue weighted by Crippen LogP contribution is 2.44. The highest BCUT2D eigenvalue weighted by molar-refractivity contribution is 6.35. The molecule has 9 nitrogen and oxygen atoms in total. The van der Waals surface area contributed by atoms with Crippen LogP contribution in [0.2, 0.25) is 5.02 Å². The quantitative estimate of drug-likeness (QED) is 0.294. The number of pyridine rings is 1. The molecule has 1 fully saturated rings. The number of carbonyl (C=O) groups is 2. The van der Waals surface area contributed by atoms with Crippen LogP contribution in [0.3, 0.4) is 0 Å². The normalized spacial score (nSPS) is 13.9. The van der Waals surface area contributed by atoms with Crippen LogP contribution in [0.5, 0.6) is 17.2 Å². The maximum Gasteiger partial charge on any atom is 0.420 e. The molecule has 2 aromatic carbocycles. The lowest BCUT2D eigenvalue weighted by Crippen LogP contribution is -2.34. The van der Waals surface area contributed by atoms with E-state index in [1.54, 1.807) is 30.3 Å². The van der Waals surface area contributed by atoms with Gasteiger partial charge in [-0.3, -0.25) is 9.78 Å². The van der Waals surface area contributed by atoms with Crippen molar-refractivity contribution in [2.24, 2.45) is 0 Å². The van der Waals surface area contributed by atoms with Gasteiger partial charge in [0.05, 0.1) is 11.3 Å². The third-order valence-corrected chi connectivity index (χ3v) is 6.14. The molecule has 0 bridgehead atoms. The summed E-state index contributed by atoms with van der Waals surface area (Å²) in [6, 6.07) is 10.6. The van der Waals surface area contributed by atoms with E-state index in [4.69, 9.17) is 21.1 Å². The predicted octanol–water partition coefficient (Wildman–Crippen LogP) is 5.68. The molecule has 0 aliphatic carbocycles. The Hall–Kier alpha value is -4.03. The molecule has 0 radical (unpaired) electrons. The number of halogens is 4. The van der Waals surface area contributed by atoms with Crippen LogP contribution >= 0.6 is 11.6 Å². The Labute approximate surface area is 227 Å². The van der Waals surface area contributed by atoms with Gasteiger partial charge in [0.25, 0.3) is 5.91 Å². The Kier molecular flexibility index (Phi) is 8.77. The lowest BCUT2D eigenvalue weighted by Gasteiger charge is -2.26. The molecule has 13 heteroatoms. The first-order valence-electron chi connectivity index (χ1n) is 11.9. The number of hydrogen-bond donors (Lipinski definition) is 4. The highest BCUT2D eigenvalue weighted by Gasteiger charge is 2.37. The van der Waals surface area contributed by atoms with Gasteiger partial charge >= 0.3 is 12.2 Å². The van der Waals surface area contributed by atoms with E-state index < -0.39 is 29.6 Å². The van der Waals surface area contributed by atoms with E-state index >= 15 is 0 Å². The molecule has 0 atom stereocenters. The molecule has 0 spiro atoms. The molecular formula is C26H25ClF3N5O4. The monoisotopic (exact) mass is 563 g/mol. The summed E-state index contributed by atoms with van der Waals surface area (Å²) < 4.78 is 52.3. The van der Waals surface area contributed by atoms with Crippen LogP contribution in [0.1, 0.15) is 28.9 Å². The van der Waals surface area contributed by atoms with Crippen molar-refractivity contribution in [1.82, 2.24) is 15.6 Å². The SMILES string of the molecule is CNC(=O)c1cc(Oc2ccc(NC(=O)Nc3ccc(C(F)(F)F)c(OC4CCNCC4)c3Cl)cc2)ccn1. The zero-order valence-electron chi connectivity index (χ0n) is 20.7. The van der Waals surface area contributed by atoms with Crippen LogP contribution in [0.25, 0.3) is 0 Å². The van der Waals surface area contributed by atoms with Gasteiger partial charge in [-0.25, -0.2) is 4.79 Å². The number of nitrogens with zero attached hydrogens (tertiary/aromatic N) is 1. The first-order valence-corrected chi connectivity index (χ1v) is 12.3. The summed E-state index contributed by atoms with van der Waals surface area (Å²) in [6.45, 7) is 1.24. The largest absolute Gasteiger partial charge is 0.488 e. The minimum atomic E-state index is -4.68. The molecule has 4 N–H and O–H groups in total. The summed E-state index contributed by atoms with van der Waals surface area (Å²) >= 11 is 6.29. The number of urea groups is 1. The molecule has 2 heterocycles. The summed E-state index contributed by atoms with van der Waals surface area (Å²) in [5.74, 6) is -0.0443. The van der Waals surface area contributed by atoms with E-state index in [1.165, 1.54) is 19.3 Å². The van der Waals surface area contributed by atoms with Crippen molar-refractivity contribution >= 4 is 34.9 Å². The van der Waals surface area contributed by atoms with Crippen LogP contribution in [-0.4, -0.2) is 43.2 Å². The summed E-state index contributed by atoms with van der Waals surface area (Å²) in [5, 5.41) is 10.3. The first kappa shape index (κ1) is 28.0. The van der Waals surface area contributed by atoms with Crippen molar-refractivity contribution in [3.05, 3.63) is 71.0 Å². The first-order chi connectivity index (χ1) is 18.6. The second-order valence-corrected chi connectivity index (χ2v) is 8.91. The molecule has 1 saturated heterocycles. The van der Waals surface area contributed by atoms with Crippen molar-refractivity contribution < 1.29 is 32.2 Å². The molecule has 0 unspecified atom stereocenters. The van der Waals surface area contributed by atoms with E-state index in [9.17, 15) is 22.8 Å². The molecule has 3 amide bonds. The Morgan fingerprint density at radius 3 is 2.41 bits per heavy atom. The maximum absolute atomic E-state index is 13.6. The topological polar surface area (TPSA) is 114 Å². The maximum atomic E-state index is 13.6. The average Bonchev–Trinajstić information content (AvgIpc) is 2.91. The second kappa shape index (κ2) is 12.2. The van der Waals surface area contributed by atoms with Crippen LogP contribution in [0.15, 0.2) is 54.7 Å². The van der Waals surface area contributed by atoms with Gasteiger partial charge in [-0.05, 0) is 68.4 Å². The fraction of sp³-hybridized carbons (Fsp3) is 0.269. The van der Waals surface area contributed by atoms with Crippen molar-refractivity contribution in [3.63, 3.8) is 0 Å².